The summed E-state index contributed by atoms with van der Waals surface area (Å²) in [5, 5.41) is 14.1. The highest BCUT2D eigenvalue weighted by Crippen LogP contribution is 2.24. The molecular weight excluding hydrogens is 434 g/mol. The molecule has 3 rings (SSSR count). The van der Waals surface area contributed by atoms with E-state index in [0.29, 0.717) is 23.8 Å². The monoisotopic (exact) mass is 465 g/mol. The third-order valence-corrected chi connectivity index (χ3v) is 7.62. The van der Waals surface area contributed by atoms with E-state index in [-0.39, 0.29) is 6.04 Å². The Kier molecular flexibility index (Phi) is 8.75. The first-order valence-corrected chi connectivity index (χ1v) is 12.7. The Hall–Kier alpha value is -1.64. The lowest BCUT2D eigenvalue weighted by Gasteiger charge is -2.30. The van der Waals surface area contributed by atoms with Gasteiger partial charge in [0, 0.05) is 30.3 Å². The largest absolute Gasteiger partial charge is 0.387 e. The Bertz CT molecular complexity index is 931. The van der Waals surface area contributed by atoms with Gasteiger partial charge < -0.3 is 10.4 Å². The maximum absolute atomic E-state index is 12.7. The number of nitrogens with zero attached hydrogens (tertiary/aromatic N) is 1. The van der Waals surface area contributed by atoms with Crippen LogP contribution in [0.2, 0.25) is 5.02 Å². The second kappa shape index (κ2) is 11.3. The lowest BCUT2D eigenvalue weighted by atomic mass is 9.96. The molecule has 0 radical (unpaired) electrons. The fourth-order valence-corrected chi connectivity index (χ4v) is 5.28. The molecule has 1 fully saturated rings. The molecule has 1 aliphatic rings. The zero-order valence-corrected chi connectivity index (χ0v) is 19.5. The molecule has 2 aromatic carbocycles. The first-order valence-electron chi connectivity index (χ1n) is 10.8. The van der Waals surface area contributed by atoms with Gasteiger partial charge in [0.15, 0.2) is 0 Å². The van der Waals surface area contributed by atoms with E-state index in [2.05, 4.69) is 10.0 Å². The number of rotatable bonds is 10. The number of hydrogen-bond acceptors (Lipinski definition) is 4. The van der Waals surface area contributed by atoms with Gasteiger partial charge in [0.1, 0.15) is 0 Å². The molecule has 0 heterocycles. The van der Waals surface area contributed by atoms with Crippen molar-refractivity contribution in [3.8, 4) is 0 Å². The number of benzene rings is 2. The molecule has 0 saturated heterocycles. The number of anilines is 1. The van der Waals surface area contributed by atoms with Crippen LogP contribution < -0.4 is 10.0 Å². The van der Waals surface area contributed by atoms with Crippen LogP contribution in [0.1, 0.15) is 49.3 Å². The van der Waals surface area contributed by atoms with Crippen LogP contribution >= 0.6 is 11.6 Å². The van der Waals surface area contributed by atoms with Crippen LogP contribution in [0.3, 0.4) is 0 Å². The van der Waals surface area contributed by atoms with Gasteiger partial charge >= 0.3 is 10.2 Å². The second-order valence-corrected chi connectivity index (χ2v) is 10.3. The molecule has 1 saturated carbocycles. The van der Waals surface area contributed by atoms with Gasteiger partial charge in [-0.3, -0.25) is 4.72 Å². The Labute approximate surface area is 190 Å². The van der Waals surface area contributed by atoms with E-state index < -0.39 is 16.3 Å². The minimum absolute atomic E-state index is 0.0823. The van der Waals surface area contributed by atoms with Gasteiger partial charge in [-0.1, -0.05) is 55.1 Å². The lowest BCUT2D eigenvalue weighted by molar-refractivity contribution is 0.175. The minimum Gasteiger partial charge on any atom is -0.387 e. The summed E-state index contributed by atoms with van der Waals surface area (Å²) in [6.07, 6.45) is 5.37. The minimum atomic E-state index is -3.55. The summed E-state index contributed by atoms with van der Waals surface area (Å²) in [7, 11) is -1.89. The number of nitrogens with one attached hydrogen (secondary N) is 2. The van der Waals surface area contributed by atoms with Gasteiger partial charge in [-0.25, -0.2) is 0 Å². The van der Waals surface area contributed by atoms with E-state index in [9.17, 15) is 13.5 Å². The quantitative estimate of drug-likeness (QED) is 0.461. The van der Waals surface area contributed by atoms with Crippen molar-refractivity contribution in [2.75, 3.05) is 24.9 Å². The SMILES string of the molecule is CN(C1CCCCC1)S(=O)(=O)Nc1ccc(CCNC[C@H](O)c2cccc(Cl)c2)cc1. The van der Waals surface area contributed by atoms with Crippen LogP contribution in [0.25, 0.3) is 0 Å². The van der Waals surface area contributed by atoms with Crippen molar-refractivity contribution in [3.63, 3.8) is 0 Å². The molecule has 0 amide bonds. The molecular formula is C23H32ClN3O3S. The molecule has 0 unspecified atom stereocenters. The van der Waals surface area contributed by atoms with Gasteiger partial charge in [-0.2, -0.15) is 12.7 Å². The van der Waals surface area contributed by atoms with E-state index in [0.717, 1.165) is 43.2 Å². The predicted molar refractivity (Wildman–Crippen MR) is 127 cm³/mol. The average Bonchev–Trinajstić information content (AvgIpc) is 2.77. The first kappa shape index (κ1) is 24.0. The molecule has 6 nitrogen and oxygen atoms in total. The van der Waals surface area contributed by atoms with Crippen LogP contribution in [-0.2, 0) is 16.6 Å². The number of hydrogen-bond donors (Lipinski definition) is 3. The second-order valence-electron chi connectivity index (χ2n) is 8.14. The highest BCUT2D eigenvalue weighted by atomic mass is 35.5. The average molecular weight is 466 g/mol. The molecule has 0 bridgehead atoms. The molecule has 8 heteroatoms. The summed E-state index contributed by atoms with van der Waals surface area (Å²) >= 11 is 5.96. The first-order chi connectivity index (χ1) is 14.8. The Morgan fingerprint density at radius 2 is 1.84 bits per heavy atom. The molecule has 31 heavy (non-hydrogen) atoms. The van der Waals surface area contributed by atoms with E-state index in [1.807, 2.05) is 24.3 Å². The molecule has 3 N–H and O–H groups in total. The third kappa shape index (κ3) is 7.19. The van der Waals surface area contributed by atoms with E-state index in [1.165, 1.54) is 10.7 Å². The van der Waals surface area contributed by atoms with Crippen LogP contribution in [0.4, 0.5) is 5.69 Å². The lowest BCUT2D eigenvalue weighted by Crippen LogP contribution is -2.41. The predicted octanol–water partition coefficient (Wildman–Crippen LogP) is 4.13. The van der Waals surface area contributed by atoms with Gasteiger partial charge in [-0.15, -0.1) is 0 Å². The molecule has 0 spiro atoms. The van der Waals surface area contributed by atoms with Gasteiger partial charge in [0.25, 0.3) is 0 Å². The molecule has 1 aliphatic carbocycles. The van der Waals surface area contributed by atoms with Crippen LogP contribution in [-0.4, -0.2) is 44.0 Å². The summed E-state index contributed by atoms with van der Waals surface area (Å²) in [6, 6.07) is 14.7. The van der Waals surface area contributed by atoms with Crippen molar-refractivity contribution in [1.82, 2.24) is 9.62 Å². The van der Waals surface area contributed by atoms with Gasteiger partial charge in [0.05, 0.1) is 6.10 Å². The fourth-order valence-electron chi connectivity index (χ4n) is 3.90. The van der Waals surface area contributed by atoms with Crippen molar-refractivity contribution < 1.29 is 13.5 Å². The maximum atomic E-state index is 12.7. The van der Waals surface area contributed by atoms with Crippen LogP contribution in [0, 0.1) is 0 Å². The molecule has 0 aromatic heterocycles. The van der Waals surface area contributed by atoms with E-state index in [4.69, 9.17) is 11.6 Å². The van der Waals surface area contributed by atoms with Crippen LogP contribution in [0.15, 0.2) is 48.5 Å². The van der Waals surface area contributed by atoms with Crippen molar-refractivity contribution in [1.29, 1.82) is 0 Å². The summed E-state index contributed by atoms with van der Waals surface area (Å²) in [4.78, 5) is 0. The van der Waals surface area contributed by atoms with Crippen LogP contribution in [0.5, 0.6) is 0 Å². The number of aliphatic hydroxyl groups is 1. The van der Waals surface area contributed by atoms with Gasteiger partial charge in [0.2, 0.25) is 0 Å². The Morgan fingerprint density at radius 1 is 1.13 bits per heavy atom. The van der Waals surface area contributed by atoms with Crippen molar-refractivity contribution in [2.45, 2.75) is 50.7 Å². The van der Waals surface area contributed by atoms with Crippen molar-refractivity contribution in [2.24, 2.45) is 0 Å². The molecule has 170 valence electrons. The fraction of sp³-hybridized carbons (Fsp3) is 0.478. The maximum Gasteiger partial charge on any atom is 0.301 e. The molecule has 0 aliphatic heterocycles. The summed E-state index contributed by atoms with van der Waals surface area (Å²) in [6.45, 7) is 1.14. The van der Waals surface area contributed by atoms with Gasteiger partial charge in [-0.05, 0) is 61.2 Å². The van der Waals surface area contributed by atoms with Crippen molar-refractivity contribution in [3.05, 3.63) is 64.7 Å². The third-order valence-electron chi connectivity index (χ3n) is 5.83. The van der Waals surface area contributed by atoms with E-state index >= 15 is 0 Å². The number of halogens is 1. The Balaban J connectivity index is 1.44. The highest BCUT2D eigenvalue weighted by Gasteiger charge is 2.27. The zero-order valence-electron chi connectivity index (χ0n) is 17.9. The smallest absolute Gasteiger partial charge is 0.301 e. The van der Waals surface area contributed by atoms with Crippen molar-refractivity contribution >= 4 is 27.5 Å². The Morgan fingerprint density at radius 3 is 2.52 bits per heavy atom. The molecule has 2 aromatic rings. The molecule has 1 atom stereocenters. The summed E-state index contributed by atoms with van der Waals surface area (Å²) in [5.41, 5.74) is 2.44. The summed E-state index contributed by atoms with van der Waals surface area (Å²) in [5.74, 6) is 0. The normalized spacial score (nSPS) is 16.4. The zero-order chi connectivity index (χ0) is 22.3. The standard InChI is InChI=1S/C23H32ClN3O3S/c1-27(22-8-3-2-4-9-22)31(29,30)26-21-12-10-18(11-13-21)14-15-25-17-23(28)19-6-5-7-20(24)16-19/h5-7,10-13,16,22-23,25-26,28H,2-4,8-9,14-15,17H2,1H3/t23-/m0/s1. The van der Waals surface area contributed by atoms with E-state index in [1.54, 1.807) is 31.3 Å². The highest BCUT2D eigenvalue weighted by molar-refractivity contribution is 7.90. The number of aliphatic hydroxyl groups excluding tert-OH is 1. The summed E-state index contributed by atoms with van der Waals surface area (Å²) < 4.78 is 29.5. The topological polar surface area (TPSA) is 81.7 Å².